The zero-order valence-electron chi connectivity index (χ0n) is 15.3. The average Bonchev–Trinajstić information content (AvgIpc) is 2.97. The SMILES string of the molecule is CN(C)CC(Cc1ccccc1)NC(=O)N1CCCC1C(C)(C)O. The van der Waals surface area contributed by atoms with Gasteiger partial charge in [-0.15, -0.1) is 0 Å². The van der Waals surface area contributed by atoms with Crippen LogP contribution in [-0.2, 0) is 6.42 Å². The zero-order chi connectivity index (χ0) is 17.7. The summed E-state index contributed by atoms with van der Waals surface area (Å²) in [5.41, 5.74) is 0.342. The van der Waals surface area contributed by atoms with Crippen LogP contribution in [0.1, 0.15) is 32.3 Å². The third kappa shape index (κ3) is 5.21. The van der Waals surface area contributed by atoms with E-state index < -0.39 is 5.60 Å². The van der Waals surface area contributed by atoms with Crippen molar-refractivity contribution in [2.24, 2.45) is 0 Å². The molecule has 24 heavy (non-hydrogen) atoms. The lowest BCUT2D eigenvalue weighted by Crippen LogP contribution is -2.54. The Kier molecular flexibility index (Phi) is 6.24. The van der Waals surface area contributed by atoms with Gasteiger partial charge in [-0.1, -0.05) is 30.3 Å². The molecule has 2 atom stereocenters. The topological polar surface area (TPSA) is 55.8 Å². The monoisotopic (exact) mass is 333 g/mol. The van der Waals surface area contributed by atoms with Crippen molar-refractivity contribution in [3.8, 4) is 0 Å². The molecule has 1 aromatic carbocycles. The number of carbonyl (C=O) groups is 1. The van der Waals surface area contributed by atoms with E-state index in [0.717, 1.165) is 25.8 Å². The molecule has 2 amide bonds. The summed E-state index contributed by atoms with van der Waals surface area (Å²) in [6.07, 6.45) is 2.60. The Morgan fingerprint density at radius 3 is 2.62 bits per heavy atom. The molecule has 1 aliphatic rings. The van der Waals surface area contributed by atoms with Crippen LogP contribution >= 0.6 is 0 Å². The highest BCUT2D eigenvalue weighted by molar-refractivity contribution is 5.75. The molecule has 0 bridgehead atoms. The van der Waals surface area contributed by atoms with Crippen molar-refractivity contribution in [1.29, 1.82) is 0 Å². The van der Waals surface area contributed by atoms with Gasteiger partial charge in [0.2, 0.25) is 0 Å². The van der Waals surface area contributed by atoms with E-state index in [1.165, 1.54) is 5.56 Å². The second kappa shape index (κ2) is 7.99. The zero-order valence-corrected chi connectivity index (χ0v) is 15.3. The minimum atomic E-state index is -0.871. The summed E-state index contributed by atoms with van der Waals surface area (Å²) >= 11 is 0. The van der Waals surface area contributed by atoms with E-state index in [2.05, 4.69) is 22.3 Å². The van der Waals surface area contributed by atoms with E-state index in [-0.39, 0.29) is 18.1 Å². The number of rotatable bonds is 6. The normalized spacial score (nSPS) is 19.6. The largest absolute Gasteiger partial charge is 0.388 e. The summed E-state index contributed by atoms with van der Waals surface area (Å²) in [6.45, 7) is 5.05. The minimum absolute atomic E-state index is 0.0398. The molecule has 1 aromatic rings. The molecule has 2 unspecified atom stereocenters. The predicted molar refractivity (Wildman–Crippen MR) is 97.0 cm³/mol. The van der Waals surface area contributed by atoms with Crippen molar-refractivity contribution in [2.45, 2.75) is 50.8 Å². The van der Waals surface area contributed by atoms with Crippen molar-refractivity contribution in [3.63, 3.8) is 0 Å². The molecule has 1 saturated heterocycles. The van der Waals surface area contributed by atoms with Crippen LogP contribution in [0, 0.1) is 0 Å². The van der Waals surface area contributed by atoms with Crippen LogP contribution in [0.2, 0.25) is 0 Å². The van der Waals surface area contributed by atoms with Gasteiger partial charge in [-0.05, 0) is 52.8 Å². The lowest BCUT2D eigenvalue weighted by Gasteiger charge is -2.35. The summed E-state index contributed by atoms with van der Waals surface area (Å²) in [7, 11) is 4.03. The van der Waals surface area contributed by atoms with Crippen LogP contribution in [0.25, 0.3) is 0 Å². The fourth-order valence-corrected chi connectivity index (χ4v) is 3.50. The van der Waals surface area contributed by atoms with Gasteiger partial charge in [-0.2, -0.15) is 0 Å². The van der Waals surface area contributed by atoms with Crippen LogP contribution in [0.15, 0.2) is 30.3 Å². The van der Waals surface area contributed by atoms with E-state index in [1.807, 2.05) is 32.3 Å². The fourth-order valence-electron chi connectivity index (χ4n) is 3.50. The van der Waals surface area contributed by atoms with E-state index >= 15 is 0 Å². The minimum Gasteiger partial charge on any atom is -0.388 e. The first-order valence-corrected chi connectivity index (χ1v) is 8.75. The maximum atomic E-state index is 12.8. The molecule has 2 rings (SSSR count). The predicted octanol–water partition coefficient (Wildman–Crippen LogP) is 2.10. The first-order chi connectivity index (χ1) is 11.3. The van der Waals surface area contributed by atoms with Gasteiger partial charge in [0.05, 0.1) is 11.6 Å². The van der Waals surface area contributed by atoms with Gasteiger partial charge >= 0.3 is 6.03 Å². The van der Waals surface area contributed by atoms with Gasteiger partial charge in [0.1, 0.15) is 0 Å². The van der Waals surface area contributed by atoms with Crippen molar-refractivity contribution < 1.29 is 9.90 Å². The Labute approximate surface area is 145 Å². The Morgan fingerprint density at radius 2 is 2.04 bits per heavy atom. The van der Waals surface area contributed by atoms with E-state index in [9.17, 15) is 9.90 Å². The quantitative estimate of drug-likeness (QED) is 0.838. The molecule has 134 valence electrons. The number of nitrogens with one attached hydrogen (secondary N) is 1. The Morgan fingerprint density at radius 1 is 1.38 bits per heavy atom. The van der Waals surface area contributed by atoms with Gasteiger partial charge in [-0.25, -0.2) is 4.79 Å². The van der Waals surface area contributed by atoms with E-state index in [4.69, 9.17) is 0 Å². The maximum Gasteiger partial charge on any atom is 0.318 e. The van der Waals surface area contributed by atoms with Gasteiger partial charge in [0, 0.05) is 19.1 Å². The molecule has 0 spiro atoms. The average molecular weight is 333 g/mol. The second-order valence-electron chi connectivity index (χ2n) is 7.60. The molecule has 1 fully saturated rings. The van der Waals surface area contributed by atoms with Crippen molar-refractivity contribution in [1.82, 2.24) is 15.1 Å². The lowest BCUT2D eigenvalue weighted by atomic mass is 9.97. The van der Waals surface area contributed by atoms with Crippen molar-refractivity contribution in [2.75, 3.05) is 27.2 Å². The molecule has 5 heteroatoms. The second-order valence-corrected chi connectivity index (χ2v) is 7.60. The fraction of sp³-hybridized carbons (Fsp3) is 0.632. The number of urea groups is 1. The highest BCUT2D eigenvalue weighted by Gasteiger charge is 2.38. The van der Waals surface area contributed by atoms with Gasteiger partial charge < -0.3 is 20.2 Å². The number of aliphatic hydroxyl groups is 1. The van der Waals surface area contributed by atoms with Crippen molar-refractivity contribution in [3.05, 3.63) is 35.9 Å². The molecule has 0 aliphatic carbocycles. The summed E-state index contributed by atoms with van der Waals surface area (Å²) < 4.78 is 0. The Hall–Kier alpha value is -1.59. The highest BCUT2D eigenvalue weighted by atomic mass is 16.3. The maximum absolute atomic E-state index is 12.8. The number of hydrogen-bond acceptors (Lipinski definition) is 3. The number of likely N-dealkylation sites (N-methyl/N-ethyl adjacent to an activating group) is 1. The highest BCUT2D eigenvalue weighted by Crippen LogP contribution is 2.26. The molecule has 2 N–H and O–H groups in total. The molecular weight excluding hydrogens is 302 g/mol. The van der Waals surface area contributed by atoms with Crippen LogP contribution in [0.3, 0.4) is 0 Å². The summed E-state index contributed by atoms with van der Waals surface area (Å²) in [5, 5.41) is 13.5. The number of carbonyl (C=O) groups excluding carboxylic acids is 1. The number of benzene rings is 1. The Balaban J connectivity index is 2.04. The van der Waals surface area contributed by atoms with E-state index in [0.29, 0.717) is 6.54 Å². The number of amides is 2. The molecular formula is C19H31N3O2. The lowest BCUT2D eigenvalue weighted by molar-refractivity contribution is 0.00935. The van der Waals surface area contributed by atoms with Gasteiger partial charge in [0.15, 0.2) is 0 Å². The van der Waals surface area contributed by atoms with Crippen LogP contribution in [-0.4, -0.2) is 65.8 Å². The third-order valence-electron chi connectivity index (χ3n) is 4.57. The summed E-state index contributed by atoms with van der Waals surface area (Å²) in [6, 6.07) is 10.1. The molecule has 1 aliphatic heterocycles. The first kappa shape index (κ1) is 18.7. The van der Waals surface area contributed by atoms with Crippen LogP contribution < -0.4 is 5.32 Å². The van der Waals surface area contributed by atoms with Gasteiger partial charge in [-0.3, -0.25) is 0 Å². The Bertz CT molecular complexity index is 525. The van der Waals surface area contributed by atoms with Gasteiger partial charge in [0.25, 0.3) is 0 Å². The number of nitrogens with zero attached hydrogens (tertiary/aromatic N) is 2. The molecule has 5 nitrogen and oxygen atoms in total. The molecule has 1 heterocycles. The van der Waals surface area contributed by atoms with Crippen LogP contribution in [0.4, 0.5) is 4.79 Å². The molecule has 0 saturated carbocycles. The molecule has 0 radical (unpaired) electrons. The number of likely N-dealkylation sites (tertiary alicyclic amines) is 1. The van der Waals surface area contributed by atoms with Crippen molar-refractivity contribution >= 4 is 6.03 Å². The molecule has 0 aromatic heterocycles. The third-order valence-corrected chi connectivity index (χ3v) is 4.57. The number of hydrogen-bond donors (Lipinski definition) is 2. The van der Waals surface area contributed by atoms with Crippen LogP contribution in [0.5, 0.6) is 0 Å². The first-order valence-electron chi connectivity index (χ1n) is 8.75. The summed E-state index contributed by atoms with van der Waals surface area (Å²) in [4.78, 5) is 16.7. The smallest absolute Gasteiger partial charge is 0.318 e. The van der Waals surface area contributed by atoms with E-state index in [1.54, 1.807) is 18.7 Å². The summed E-state index contributed by atoms with van der Waals surface area (Å²) in [5.74, 6) is 0. The standard InChI is InChI=1S/C19H31N3O2/c1-19(2,24)17-11-8-12-22(17)18(23)20-16(14-21(3)4)13-15-9-6-5-7-10-15/h5-7,9-10,16-17,24H,8,11-14H2,1-4H3,(H,20,23).